The first kappa shape index (κ1) is 15.5. The predicted molar refractivity (Wildman–Crippen MR) is 82.3 cm³/mol. The molecule has 0 aliphatic carbocycles. The summed E-state index contributed by atoms with van der Waals surface area (Å²) < 4.78 is 29.0. The van der Waals surface area contributed by atoms with E-state index in [0.29, 0.717) is 25.1 Å². The van der Waals surface area contributed by atoms with Crippen molar-refractivity contribution in [3.05, 3.63) is 41.7 Å². The van der Waals surface area contributed by atoms with Crippen molar-refractivity contribution in [2.24, 2.45) is 7.05 Å². The standard InChI is InChI=1S/C14H20N4O2S/c1-3-11-4-5-12(15)10-14(11)21(19,20)16-8-6-13-7-9-18(2)17-13/h4-5,7,9-10,16H,3,6,8,15H2,1-2H3. The minimum Gasteiger partial charge on any atom is -0.399 e. The number of anilines is 1. The van der Waals surface area contributed by atoms with E-state index in [1.165, 1.54) is 6.07 Å². The number of rotatable bonds is 6. The number of nitrogen functional groups attached to an aromatic ring is 1. The first-order valence-corrected chi connectivity index (χ1v) is 8.27. The zero-order valence-electron chi connectivity index (χ0n) is 12.2. The Kier molecular flexibility index (Phi) is 4.64. The van der Waals surface area contributed by atoms with Gasteiger partial charge in [-0.2, -0.15) is 5.10 Å². The average Bonchev–Trinajstić information content (AvgIpc) is 2.84. The van der Waals surface area contributed by atoms with Gasteiger partial charge < -0.3 is 5.73 Å². The third kappa shape index (κ3) is 3.83. The summed E-state index contributed by atoms with van der Waals surface area (Å²) in [4.78, 5) is 0.256. The highest BCUT2D eigenvalue weighted by molar-refractivity contribution is 7.89. The molecule has 0 spiro atoms. The normalized spacial score (nSPS) is 11.7. The summed E-state index contributed by atoms with van der Waals surface area (Å²) in [6, 6.07) is 6.84. The number of benzene rings is 1. The summed E-state index contributed by atoms with van der Waals surface area (Å²) in [6.45, 7) is 2.22. The first-order valence-electron chi connectivity index (χ1n) is 6.79. The summed E-state index contributed by atoms with van der Waals surface area (Å²) in [5.74, 6) is 0. The first-order chi connectivity index (χ1) is 9.92. The fourth-order valence-electron chi connectivity index (χ4n) is 2.10. The molecule has 1 heterocycles. The van der Waals surface area contributed by atoms with Gasteiger partial charge >= 0.3 is 0 Å². The van der Waals surface area contributed by atoms with E-state index in [1.807, 2.05) is 26.2 Å². The summed E-state index contributed by atoms with van der Waals surface area (Å²) in [5, 5.41) is 4.21. The van der Waals surface area contributed by atoms with E-state index in [9.17, 15) is 8.42 Å². The van der Waals surface area contributed by atoms with Crippen LogP contribution in [0.15, 0.2) is 35.4 Å². The topological polar surface area (TPSA) is 90.0 Å². The lowest BCUT2D eigenvalue weighted by Gasteiger charge is -2.11. The molecule has 1 aromatic carbocycles. The smallest absolute Gasteiger partial charge is 0.240 e. The number of nitrogens with one attached hydrogen (secondary N) is 1. The van der Waals surface area contributed by atoms with Gasteiger partial charge in [0.05, 0.1) is 10.6 Å². The molecule has 0 radical (unpaired) electrons. The zero-order valence-corrected chi connectivity index (χ0v) is 13.0. The van der Waals surface area contributed by atoms with Gasteiger partial charge in [0, 0.05) is 31.9 Å². The van der Waals surface area contributed by atoms with E-state index in [4.69, 9.17) is 5.73 Å². The van der Waals surface area contributed by atoms with Crippen LogP contribution in [0.3, 0.4) is 0 Å². The van der Waals surface area contributed by atoms with Gasteiger partial charge in [-0.3, -0.25) is 4.68 Å². The number of sulfonamides is 1. The van der Waals surface area contributed by atoms with Crippen molar-refractivity contribution < 1.29 is 8.42 Å². The molecular weight excluding hydrogens is 288 g/mol. The monoisotopic (exact) mass is 308 g/mol. The van der Waals surface area contributed by atoms with Crippen molar-refractivity contribution >= 4 is 15.7 Å². The van der Waals surface area contributed by atoms with Crippen LogP contribution >= 0.6 is 0 Å². The number of nitrogens with zero attached hydrogens (tertiary/aromatic N) is 2. The fraction of sp³-hybridized carbons (Fsp3) is 0.357. The quantitative estimate of drug-likeness (QED) is 0.782. The number of aromatic nitrogens is 2. The van der Waals surface area contributed by atoms with E-state index in [0.717, 1.165) is 11.3 Å². The molecule has 0 saturated carbocycles. The predicted octanol–water partition coefficient (Wildman–Crippen LogP) is 1.09. The third-order valence-corrected chi connectivity index (χ3v) is 4.75. The molecule has 0 saturated heterocycles. The molecule has 1 aromatic heterocycles. The minimum atomic E-state index is -3.55. The molecule has 2 aromatic rings. The van der Waals surface area contributed by atoms with Gasteiger partial charge in [-0.05, 0) is 30.2 Å². The molecule has 6 nitrogen and oxygen atoms in total. The Bertz CT molecular complexity index is 722. The Morgan fingerprint density at radius 2 is 2.10 bits per heavy atom. The van der Waals surface area contributed by atoms with Crippen molar-refractivity contribution in [3.8, 4) is 0 Å². The molecule has 0 bridgehead atoms. The Morgan fingerprint density at radius 1 is 1.33 bits per heavy atom. The Balaban J connectivity index is 2.09. The van der Waals surface area contributed by atoms with E-state index < -0.39 is 10.0 Å². The van der Waals surface area contributed by atoms with Crippen LogP contribution in [-0.4, -0.2) is 24.7 Å². The van der Waals surface area contributed by atoms with Crippen molar-refractivity contribution in [2.75, 3.05) is 12.3 Å². The molecule has 3 N–H and O–H groups in total. The van der Waals surface area contributed by atoms with Gasteiger partial charge in [-0.25, -0.2) is 13.1 Å². The molecule has 2 rings (SSSR count). The second kappa shape index (κ2) is 6.28. The molecule has 0 amide bonds. The lowest BCUT2D eigenvalue weighted by molar-refractivity contribution is 0.580. The summed E-state index contributed by atoms with van der Waals surface area (Å²) in [6.07, 6.45) is 3.01. The zero-order chi connectivity index (χ0) is 15.5. The largest absolute Gasteiger partial charge is 0.399 e. The van der Waals surface area contributed by atoms with Gasteiger partial charge in [0.15, 0.2) is 0 Å². The van der Waals surface area contributed by atoms with Crippen molar-refractivity contribution in [1.82, 2.24) is 14.5 Å². The Labute approximate surface area is 125 Å². The van der Waals surface area contributed by atoms with Crippen molar-refractivity contribution in [1.29, 1.82) is 0 Å². The van der Waals surface area contributed by atoms with Crippen LogP contribution in [0.4, 0.5) is 5.69 Å². The van der Waals surface area contributed by atoms with E-state index in [1.54, 1.807) is 16.8 Å². The van der Waals surface area contributed by atoms with Gasteiger partial charge in [0.1, 0.15) is 0 Å². The highest BCUT2D eigenvalue weighted by Gasteiger charge is 2.17. The number of hydrogen-bond donors (Lipinski definition) is 2. The molecule has 0 atom stereocenters. The second-order valence-electron chi connectivity index (χ2n) is 4.85. The third-order valence-electron chi connectivity index (χ3n) is 3.20. The minimum absolute atomic E-state index is 0.256. The van der Waals surface area contributed by atoms with Gasteiger partial charge in [-0.1, -0.05) is 13.0 Å². The number of hydrogen-bond acceptors (Lipinski definition) is 4. The van der Waals surface area contributed by atoms with Crippen molar-refractivity contribution in [2.45, 2.75) is 24.7 Å². The molecule has 114 valence electrons. The summed E-state index contributed by atoms with van der Waals surface area (Å²) in [5.41, 5.74) is 7.75. The van der Waals surface area contributed by atoms with Crippen LogP contribution < -0.4 is 10.5 Å². The van der Waals surface area contributed by atoms with Crippen molar-refractivity contribution in [3.63, 3.8) is 0 Å². The second-order valence-corrected chi connectivity index (χ2v) is 6.58. The Morgan fingerprint density at radius 3 is 2.71 bits per heavy atom. The molecule has 0 aliphatic heterocycles. The number of aryl methyl sites for hydroxylation is 2. The summed E-state index contributed by atoms with van der Waals surface area (Å²) >= 11 is 0. The molecule has 0 fully saturated rings. The van der Waals surface area contributed by atoms with Gasteiger partial charge in [-0.15, -0.1) is 0 Å². The Hall–Kier alpha value is -1.86. The van der Waals surface area contributed by atoms with E-state index in [2.05, 4.69) is 9.82 Å². The van der Waals surface area contributed by atoms with Crippen LogP contribution in [0.5, 0.6) is 0 Å². The van der Waals surface area contributed by atoms with E-state index in [-0.39, 0.29) is 4.90 Å². The molecule has 0 unspecified atom stereocenters. The van der Waals surface area contributed by atoms with Crippen LogP contribution in [0, 0.1) is 0 Å². The SMILES string of the molecule is CCc1ccc(N)cc1S(=O)(=O)NCCc1ccn(C)n1. The molecule has 7 heteroatoms. The maximum Gasteiger partial charge on any atom is 0.240 e. The number of nitrogens with two attached hydrogens (primary N) is 1. The van der Waals surface area contributed by atoms with E-state index >= 15 is 0 Å². The summed E-state index contributed by atoms with van der Waals surface area (Å²) in [7, 11) is -1.73. The fourth-order valence-corrected chi connectivity index (χ4v) is 3.48. The lowest BCUT2D eigenvalue weighted by atomic mass is 10.1. The van der Waals surface area contributed by atoms with Crippen LogP contribution in [0.25, 0.3) is 0 Å². The molecule has 0 aliphatic rings. The molecule has 21 heavy (non-hydrogen) atoms. The highest BCUT2D eigenvalue weighted by atomic mass is 32.2. The van der Waals surface area contributed by atoms with Crippen LogP contribution in [0.1, 0.15) is 18.2 Å². The van der Waals surface area contributed by atoms with Crippen LogP contribution in [0.2, 0.25) is 0 Å². The molecular formula is C14H20N4O2S. The average molecular weight is 308 g/mol. The van der Waals surface area contributed by atoms with Gasteiger partial charge in [0.2, 0.25) is 10.0 Å². The highest BCUT2D eigenvalue weighted by Crippen LogP contribution is 2.19. The maximum absolute atomic E-state index is 12.4. The van der Waals surface area contributed by atoms with Gasteiger partial charge in [0.25, 0.3) is 0 Å². The lowest BCUT2D eigenvalue weighted by Crippen LogP contribution is -2.27. The maximum atomic E-state index is 12.4. The van der Waals surface area contributed by atoms with Crippen LogP contribution in [-0.2, 0) is 29.9 Å².